The van der Waals surface area contributed by atoms with Crippen molar-refractivity contribution in [3.63, 3.8) is 0 Å². The van der Waals surface area contributed by atoms with Crippen LogP contribution in [0.1, 0.15) is 0 Å². The smallest absolute Gasteiger partial charge is 0.264 e. The Bertz CT molecular complexity index is 663. The minimum Gasteiger partial charge on any atom is -1.00 e. The molecule has 1 heterocycles. The molecule has 0 aliphatic rings. The van der Waals surface area contributed by atoms with E-state index in [-0.39, 0.29) is 23.3 Å². The van der Waals surface area contributed by atoms with Gasteiger partial charge < -0.3 is 17.7 Å². The van der Waals surface area contributed by atoms with Crippen molar-refractivity contribution >= 4 is 39.4 Å². The summed E-state index contributed by atoms with van der Waals surface area (Å²) in [5.41, 5.74) is 2.06. The van der Waals surface area contributed by atoms with Gasteiger partial charge in [0.05, 0.1) is 10.4 Å². The lowest BCUT2D eigenvalue weighted by Gasteiger charge is -2.07. The van der Waals surface area contributed by atoms with E-state index in [0.717, 1.165) is 0 Å². The zero-order chi connectivity index (χ0) is 13.7. The second kappa shape index (κ2) is 7.13. The van der Waals surface area contributed by atoms with Crippen LogP contribution in [-0.2, 0) is 10.0 Å². The molecule has 0 aliphatic heterocycles. The lowest BCUT2D eigenvalue weighted by molar-refractivity contribution is -0.00000626. The van der Waals surface area contributed by atoms with Crippen molar-refractivity contribution < 1.29 is 20.8 Å². The number of rotatable bonds is 5. The van der Waals surface area contributed by atoms with Gasteiger partial charge in [0, 0.05) is 18.1 Å². The third kappa shape index (κ3) is 4.12. The molecule has 0 spiro atoms. The van der Waals surface area contributed by atoms with Gasteiger partial charge in [-0.15, -0.1) is 0 Å². The minimum absolute atomic E-state index is 0. The standard InChI is InChI=1S/C11H10N4O2S2.ClH/c16-19(17,15-11-12-6-1-7-13-11)10-4-2-9(3-5-10)14-8-18;/h1-8H,(H,14,18)(H,12,13,15);1H/p-1. The van der Waals surface area contributed by atoms with Crippen LogP contribution < -0.4 is 22.4 Å². The van der Waals surface area contributed by atoms with E-state index in [9.17, 15) is 8.42 Å². The van der Waals surface area contributed by atoms with Gasteiger partial charge in [-0.3, -0.25) is 0 Å². The van der Waals surface area contributed by atoms with Crippen LogP contribution in [-0.4, -0.2) is 23.9 Å². The van der Waals surface area contributed by atoms with Gasteiger partial charge in [0.1, 0.15) is 0 Å². The monoisotopic (exact) mass is 329 g/mol. The Hall–Kier alpha value is -1.77. The maximum Gasteiger partial charge on any atom is 0.264 e. The molecule has 2 aromatic rings. The summed E-state index contributed by atoms with van der Waals surface area (Å²) in [6.45, 7) is 0. The first kappa shape index (κ1) is 16.3. The molecule has 0 radical (unpaired) electrons. The van der Waals surface area contributed by atoms with E-state index >= 15 is 0 Å². The summed E-state index contributed by atoms with van der Waals surface area (Å²) in [6, 6.07) is 7.76. The largest absolute Gasteiger partial charge is 1.00 e. The van der Waals surface area contributed by atoms with E-state index in [1.807, 2.05) is 0 Å². The third-order valence-electron chi connectivity index (χ3n) is 2.18. The van der Waals surface area contributed by atoms with Gasteiger partial charge in [0.15, 0.2) is 0 Å². The van der Waals surface area contributed by atoms with Crippen molar-refractivity contribution in [1.82, 2.24) is 9.97 Å². The third-order valence-corrected chi connectivity index (χ3v) is 3.64. The summed E-state index contributed by atoms with van der Waals surface area (Å²) in [5, 5.41) is 2.79. The second-order valence-electron chi connectivity index (χ2n) is 3.46. The number of nitrogens with one attached hydrogen (secondary N) is 2. The van der Waals surface area contributed by atoms with Crippen molar-refractivity contribution in [2.24, 2.45) is 0 Å². The number of nitrogens with zero attached hydrogens (tertiary/aromatic N) is 2. The highest BCUT2D eigenvalue weighted by molar-refractivity contribution is 7.92. The lowest BCUT2D eigenvalue weighted by Crippen LogP contribution is -3.00. The fourth-order valence-electron chi connectivity index (χ4n) is 1.33. The molecule has 6 nitrogen and oxygen atoms in total. The molecule has 0 aliphatic carbocycles. The predicted molar refractivity (Wildman–Crippen MR) is 76.6 cm³/mol. The minimum atomic E-state index is -3.68. The summed E-state index contributed by atoms with van der Waals surface area (Å²) in [7, 11) is -3.68. The highest BCUT2D eigenvalue weighted by Crippen LogP contribution is 2.15. The number of aromatic nitrogens is 2. The van der Waals surface area contributed by atoms with E-state index in [1.165, 1.54) is 30.0 Å². The van der Waals surface area contributed by atoms with Gasteiger partial charge in [0.25, 0.3) is 10.0 Å². The zero-order valence-electron chi connectivity index (χ0n) is 10.0. The summed E-state index contributed by atoms with van der Waals surface area (Å²) in [4.78, 5) is 7.73. The first-order valence-corrected chi connectivity index (χ1v) is 7.17. The van der Waals surface area contributed by atoms with Crippen molar-refractivity contribution in [2.45, 2.75) is 4.90 Å². The molecule has 1 aromatic carbocycles. The molecular weight excluding hydrogens is 320 g/mol. The topological polar surface area (TPSA) is 84.0 Å². The molecule has 106 valence electrons. The van der Waals surface area contributed by atoms with Crippen LogP contribution in [0.15, 0.2) is 47.6 Å². The molecule has 0 bridgehead atoms. The summed E-state index contributed by atoms with van der Waals surface area (Å²) in [5.74, 6) is 0.0311. The number of sulfonamides is 1. The van der Waals surface area contributed by atoms with Crippen LogP contribution in [0.3, 0.4) is 0 Å². The van der Waals surface area contributed by atoms with Gasteiger partial charge in [-0.25, -0.2) is 23.1 Å². The molecular formula is C11H10ClN4O2S2-. The van der Waals surface area contributed by atoms with Crippen LogP contribution in [0.5, 0.6) is 0 Å². The quantitative estimate of drug-likeness (QED) is 0.660. The summed E-state index contributed by atoms with van der Waals surface area (Å²) in [6.07, 6.45) is 2.91. The number of hydrogen-bond donors (Lipinski definition) is 2. The molecule has 0 unspecified atom stereocenters. The zero-order valence-corrected chi connectivity index (χ0v) is 12.4. The van der Waals surface area contributed by atoms with E-state index < -0.39 is 10.0 Å². The molecule has 20 heavy (non-hydrogen) atoms. The Kier molecular flexibility index (Phi) is 5.81. The van der Waals surface area contributed by atoms with Crippen molar-refractivity contribution in [3.8, 4) is 0 Å². The highest BCUT2D eigenvalue weighted by atomic mass is 35.5. The molecule has 2 N–H and O–H groups in total. The van der Waals surface area contributed by atoms with E-state index in [0.29, 0.717) is 5.69 Å². The molecule has 0 saturated carbocycles. The number of benzene rings is 1. The lowest BCUT2D eigenvalue weighted by atomic mass is 10.3. The number of hydrogen-bond acceptors (Lipinski definition) is 5. The fourth-order valence-corrected chi connectivity index (χ4v) is 2.42. The van der Waals surface area contributed by atoms with Crippen LogP contribution in [0, 0.1) is 0 Å². The van der Waals surface area contributed by atoms with Crippen LogP contribution in [0.4, 0.5) is 11.6 Å². The first-order chi connectivity index (χ1) is 9.12. The molecule has 0 atom stereocenters. The van der Waals surface area contributed by atoms with Crippen molar-refractivity contribution in [2.75, 3.05) is 10.0 Å². The Labute approximate surface area is 128 Å². The van der Waals surface area contributed by atoms with Crippen LogP contribution >= 0.6 is 12.2 Å². The summed E-state index contributed by atoms with van der Waals surface area (Å²) < 4.78 is 26.3. The molecule has 2 rings (SSSR count). The Morgan fingerprint density at radius 2 is 1.70 bits per heavy atom. The molecule has 0 amide bonds. The molecule has 9 heteroatoms. The number of thiocarbonyl (C=S) groups is 1. The van der Waals surface area contributed by atoms with Crippen LogP contribution in [0.25, 0.3) is 0 Å². The van der Waals surface area contributed by atoms with Crippen LogP contribution in [0.2, 0.25) is 0 Å². The van der Waals surface area contributed by atoms with E-state index in [1.54, 1.807) is 18.2 Å². The van der Waals surface area contributed by atoms with E-state index in [2.05, 4.69) is 32.2 Å². The average molecular weight is 330 g/mol. The molecule has 0 saturated heterocycles. The van der Waals surface area contributed by atoms with Gasteiger partial charge >= 0.3 is 0 Å². The maximum atomic E-state index is 12.0. The normalized spacial score (nSPS) is 10.2. The Morgan fingerprint density at radius 1 is 1.10 bits per heavy atom. The van der Waals surface area contributed by atoms with Gasteiger partial charge in [-0.05, 0) is 30.3 Å². The SMILES string of the molecule is O=S(=O)(Nc1ncccn1)c1ccc(NC=S)cc1.[Cl-]. The molecule has 0 fully saturated rings. The fraction of sp³-hybridized carbons (Fsp3) is 0. The number of halogens is 1. The number of anilines is 2. The van der Waals surface area contributed by atoms with Crippen molar-refractivity contribution in [3.05, 3.63) is 42.7 Å². The Morgan fingerprint density at radius 3 is 2.25 bits per heavy atom. The van der Waals surface area contributed by atoms with E-state index in [4.69, 9.17) is 0 Å². The van der Waals surface area contributed by atoms with Gasteiger partial charge in [-0.2, -0.15) is 0 Å². The summed E-state index contributed by atoms with van der Waals surface area (Å²) >= 11 is 4.64. The molecule has 1 aromatic heterocycles. The highest BCUT2D eigenvalue weighted by Gasteiger charge is 2.14. The Balaban J connectivity index is 0.00000200. The first-order valence-electron chi connectivity index (χ1n) is 5.22. The predicted octanol–water partition coefficient (Wildman–Crippen LogP) is -1.35. The van der Waals surface area contributed by atoms with Gasteiger partial charge in [0.2, 0.25) is 5.95 Å². The van der Waals surface area contributed by atoms with Crippen molar-refractivity contribution in [1.29, 1.82) is 0 Å². The second-order valence-corrected chi connectivity index (χ2v) is 5.38. The maximum absolute atomic E-state index is 12.0. The van der Waals surface area contributed by atoms with Gasteiger partial charge in [-0.1, -0.05) is 12.2 Å². The average Bonchev–Trinajstić information content (AvgIpc) is 2.40.